The smallest absolute Gasteiger partial charge is 0.240 e. The van der Waals surface area contributed by atoms with Gasteiger partial charge in [-0.05, 0) is 44.2 Å². The summed E-state index contributed by atoms with van der Waals surface area (Å²) in [7, 11) is -0.0524. The lowest BCUT2D eigenvalue weighted by molar-refractivity contribution is 0.106. The molecule has 20 heavy (non-hydrogen) atoms. The van der Waals surface area contributed by atoms with E-state index in [9.17, 15) is 13.5 Å². The van der Waals surface area contributed by atoms with Crippen molar-refractivity contribution in [3.05, 3.63) is 24.3 Å². The topological polar surface area (TPSA) is 69.6 Å². The molecule has 2 atom stereocenters. The van der Waals surface area contributed by atoms with Crippen LogP contribution in [0.3, 0.4) is 0 Å². The predicted octanol–water partition coefficient (Wildman–Crippen LogP) is 1.33. The van der Waals surface area contributed by atoms with E-state index in [1.807, 2.05) is 11.9 Å². The highest BCUT2D eigenvalue weighted by Gasteiger charge is 2.26. The molecule has 0 aromatic heterocycles. The summed E-state index contributed by atoms with van der Waals surface area (Å²) in [6.07, 6.45) is 3.69. The molecule has 0 heterocycles. The van der Waals surface area contributed by atoms with Crippen molar-refractivity contribution < 1.29 is 13.5 Å². The van der Waals surface area contributed by atoms with Gasteiger partial charge in [-0.15, -0.1) is 0 Å². The molecule has 1 aliphatic rings. The highest BCUT2D eigenvalue weighted by Crippen LogP contribution is 2.27. The molecule has 0 saturated heterocycles. The van der Waals surface area contributed by atoms with Crippen molar-refractivity contribution in [3.63, 3.8) is 0 Å². The normalized spacial score (nSPS) is 23.6. The van der Waals surface area contributed by atoms with Gasteiger partial charge in [0.05, 0.1) is 17.0 Å². The van der Waals surface area contributed by atoms with Gasteiger partial charge in [-0.25, -0.2) is 13.1 Å². The van der Waals surface area contributed by atoms with Crippen LogP contribution in [0.4, 0.5) is 5.69 Å². The number of anilines is 1. The molecule has 5 nitrogen and oxygen atoms in total. The van der Waals surface area contributed by atoms with Crippen LogP contribution >= 0.6 is 0 Å². The first-order valence-electron chi connectivity index (χ1n) is 6.90. The molecule has 0 amide bonds. The van der Waals surface area contributed by atoms with Crippen LogP contribution in [0.5, 0.6) is 0 Å². The Morgan fingerprint density at radius 3 is 2.35 bits per heavy atom. The number of sulfonamides is 1. The third-order valence-electron chi connectivity index (χ3n) is 4.01. The molecule has 0 aliphatic heterocycles. The first-order chi connectivity index (χ1) is 9.45. The molecule has 1 aromatic rings. The summed E-state index contributed by atoms with van der Waals surface area (Å²) >= 11 is 0. The van der Waals surface area contributed by atoms with Gasteiger partial charge in [-0.1, -0.05) is 12.8 Å². The Bertz CT molecular complexity index is 542. The highest BCUT2D eigenvalue weighted by molar-refractivity contribution is 7.89. The van der Waals surface area contributed by atoms with Crippen LogP contribution in [0.25, 0.3) is 0 Å². The van der Waals surface area contributed by atoms with Crippen molar-refractivity contribution in [2.75, 3.05) is 19.0 Å². The first-order valence-corrected chi connectivity index (χ1v) is 8.38. The van der Waals surface area contributed by atoms with E-state index in [1.54, 1.807) is 24.3 Å². The summed E-state index contributed by atoms with van der Waals surface area (Å²) in [5.41, 5.74) is 0.922. The fraction of sp³-hybridized carbons (Fsp3) is 0.571. The number of nitrogens with zero attached hydrogens (tertiary/aromatic N) is 1. The van der Waals surface area contributed by atoms with E-state index in [1.165, 1.54) is 7.05 Å². The molecule has 0 bridgehead atoms. The fourth-order valence-electron chi connectivity index (χ4n) is 2.71. The molecule has 1 fully saturated rings. The first kappa shape index (κ1) is 15.3. The van der Waals surface area contributed by atoms with Crippen molar-refractivity contribution in [1.82, 2.24) is 4.72 Å². The number of nitrogens with one attached hydrogen (secondary N) is 1. The Morgan fingerprint density at radius 2 is 1.80 bits per heavy atom. The van der Waals surface area contributed by atoms with Gasteiger partial charge < -0.3 is 10.0 Å². The van der Waals surface area contributed by atoms with E-state index in [0.29, 0.717) is 0 Å². The summed E-state index contributed by atoms with van der Waals surface area (Å²) in [4.78, 5) is 2.29. The second kappa shape index (κ2) is 6.11. The monoisotopic (exact) mass is 298 g/mol. The molecule has 1 saturated carbocycles. The Hall–Kier alpha value is -1.11. The number of rotatable bonds is 4. The van der Waals surface area contributed by atoms with Crippen molar-refractivity contribution in [1.29, 1.82) is 0 Å². The van der Waals surface area contributed by atoms with Crippen LogP contribution in [0, 0.1) is 0 Å². The van der Waals surface area contributed by atoms with Gasteiger partial charge >= 0.3 is 0 Å². The Balaban J connectivity index is 2.17. The van der Waals surface area contributed by atoms with Gasteiger partial charge in [-0.2, -0.15) is 0 Å². The maximum absolute atomic E-state index is 11.7. The summed E-state index contributed by atoms with van der Waals surface area (Å²) in [5, 5.41) is 10.1. The maximum Gasteiger partial charge on any atom is 0.240 e. The minimum absolute atomic E-state index is 0.107. The van der Waals surface area contributed by atoms with Crippen molar-refractivity contribution in [2.24, 2.45) is 0 Å². The van der Waals surface area contributed by atoms with Gasteiger partial charge in [0.25, 0.3) is 0 Å². The lowest BCUT2D eigenvalue weighted by Crippen LogP contribution is -2.43. The number of hydrogen-bond donors (Lipinski definition) is 2. The molecule has 1 aromatic carbocycles. The molecule has 0 spiro atoms. The molecule has 0 radical (unpaired) electrons. The minimum atomic E-state index is -3.39. The third kappa shape index (κ3) is 3.13. The zero-order valence-electron chi connectivity index (χ0n) is 11.9. The zero-order valence-corrected chi connectivity index (χ0v) is 12.7. The summed E-state index contributed by atoms with van der Waals surface area (Å²) in [5.74, 6) is 0. The second-order valence-electron chi connectivity index (χ2n) is 5.23. The summed E-state index contributed by atoms with van der Waals surface area (Å²) in [6.45, 7) is 0. The summed E-state index contributed by atoms with van der Waals surface area (Å²) in [6, 6.07) is 6.85. The number of aliphatic hydroxyl groups is 1. The highest BCUT2D eigenvalue weighted by atomic mass is 32.2. The van der Waals surface area contributed by atoms with Crippen LogP contribution in [-0.4, -0.2) is 39.8 Å². The average molecular weight is 298 g/mol. The van der Waals surface area contributed by atoms with E-state index < -0.39 is 10.0 Å². The lowest BCUT2D eigenvalue weighted by Gasteiger charge is -2.36. The van der Waals surface area contributed by atoms with Gasteiger partial charge in [-0.3, -0.25) is 0 Å². The van der Waals surface area contributed by atoms with Gasteiger partial charge in [0.1, 0.15) is 0 Å². The Labute approximate surface area is 120 Å². The van der Waals surface area contributed by atoms with Crippen LogP contribution < -0.4 is 9.62 Å². The molecule has 1 aliphatic carbocycles. The molecule has 6 heteroatoms. The Kier molecular flexibility index (Phi) is 4.67. The molecular formula is C14H22N2O3S. The van der Waals surface area contributed by atoms with E-state index in [0.717, 1.165) is 31.4 Å². The zero-order chi connectivity index (χ0) is 14.8. The van der Waals surface area contributed by atoms with Crippen LogP contribution in [0.15, 0.2) is 29.2 Å². The second-order valence-corrected chi connectivity index (χ2v) is 7.12. The lowest BCUT2D eigenvalue weighted by atomic mass is 9.91. The van der Waals surface area contributed by atoms with E-state index >= 15 is 0 Å². The molecule has 2 rings (SSSR count). The third-order valence-corrected chi connectivity index (χ3v) is 5.44. The van der Waals surface area contributed by atoms with Crippen LogP contribution in [0.2, 0.25) is 0 Å². The SMILES string of the molecule is CNS(=O)(=O)c1ccc(N(C)C2CCCCC2O)cc1. The molecule has 112 valence electrons. The van der Waals surface area contributed by atoms with Crippen molar-refractivity contribution >= 4 is 15.7 Å². The molecular weight excluding hydrogens is 276 g/mol. The standard InChI is InChI=1S/C14H22N2O3S/c1-15-20(18,19)12-9-7-11(8-10-12)16(2)13-5-3-4-6-14(13)17/h7-10,13-15,17H,3-6H2,1-2H3. The Morgan fingerprint density at radius 1 is 1.20 bits per heavy atom. The van der Waals surface area contributed by atoms with Gasteiger partial charge in [0, 0.05) is 12.7 Å². The quantitative estimate of drug-likeness (QED) is 0.880. The number of benzene rings is 1. The minimum Gasteiger partial charge on any atom is -0.391 e. The maximum atomic E-state index is 11.7. The van der Waals surface area contributed by atoms with Crippen LogP contribution in [0.1, 0.15) is 25.7 Å². The van der Waals surface area contributed by atoms with Crippen molar-refractivity contribution in [3.8, 4) is 0 Å². The predicted molar refractivity (Wildman–Crippen MR) is 79.4 cm³/mol. The van der Waals surface area contributed by atoms with E-state index in [-0.39, 0.29) is 17.0 Å². The molecule has 2 N–H and O–H groups in total. The van der Waals surface area contributed by atoms with Gasteiger partial charge in [0.15, 0.2) is 0 Å². The van der Waals surface area contributed by atoms with E-state index in [4.69, 9.17) is 0 Å². The summed E-state index contributed by atoms with van der Waals surface area (Å²) < 4.78 is 25.6. The van der Waals surface area contributed by atoms with Crippen LogP contribution in [-0.2, 0) is 10.0 Å². The number of hydrogen-bond acceptors (Lipinski definition) is 4. The van der Waals surface area contributed by atoms with Crippen molar-refractivity contribution in [2.45, 2.75) is 42.7 Å². The average Bonchev–Trinajstić information content (AvgIpc) is 2.47. The number of likely N-dealkylation sites (N-methyl/N-ethyl adjacent to an activating group) is 1. The number of aliphatic hydroxyl groups excluding tert-OH is 1. The fourth-order valence-corrected chi connectivity index (χ4v) is 3.44. The van der Waals surface area contributed by atoms with Gasteiger partial charge in [0.2, 0.25) is 10.0 Å². The molecule has 2 unspecified atom stereocenters. The largest absolute Gasteiger partial charge is 0.391 e. The van der Waals surface area contributed by atoms with E-state index in [2.05, 4.69) is 4.72 Å².